The van der Waals surface area contributed by atoms with Gasteiger partial charge >= 0.3 is 0 Å². The molecule has 0 aromatic heterocycles. The van der Waals surface area contributed by atoms with E-state index in [0.717, 1.165) is 10.6 Å². The quantitative estimate of drug-likeness (QED) is 0.233. The van der Waals surface area contributed by atoms with E-state index in [4.69, 9.17) is 23.2 Å². The van der Waals surface area contributed by atoms with Crippen LogP contribution in [0, 0.1) is 5.82 Å². The molecule has 2 N–H and O–H groups in total. The van der Waals surface area contributed by atoms with Crippen LogP contribution in [-0.2, 0) is 26.6 Å². The molecule has 8 nitrogen and oxygen atoms in total. The van der Waals surface area contributed by atoms with Gasteiger partial charge in [0.15, 0.2) is 0 Å². The lowest BCUT2D eigenvalue weighted by Gasteiger charge is -2.23. The Morgan fingerprint density at radius 3 is 2.12 bits per heavy atom. The summed E-state index contributed by atoms with van der Waals surface area (Å²) in [5.74, 6) is -1.04. The third-order valence-corrected chi connectivity index (χ3v) is 9.05. The normalized spacial score (nSPS) is 11.6. The van der Waals surface area contributed by atoms with Gasteiger partial charge in [0.05, 0.1) is 39.1 Å². The van der Waals surface area contributed by atoms with Gasteiger partial charge in [0, 0.05) is 16.8 Å². The van der Waals surface area contributed by atoms with Crippen LogP contribution in [0.4, 0.5) is 21.5 Å². The van der Waals surface area contributed by atoms with Gasteiger partial charge in [0.1, 0.15) is 5.82 Å². The van der Waals surface area contributed by atoms with Crippen LogP contribution in [0.25, 0.3) is 0 Å². The molecule has 0 spiro atoms. The molecule has 0 aliphatic heterocycles. The van der Waals surface area contributed by atoms with E-state index in [1.807, 2.05) is 0 Å². The Labute approximate surface area is 241 Å². The number of sulfonamides is 2. The summed E-state index contributed by atoms with van der Waals surface area (Å²) in [4.78, 5) is 12.7. The van der Waals surface area contributed by atoms with Crippen LogP contribution in [0.2, 0.25) is 10.0 Å². The lowest BCUT2D eigenvalue weighted by molar-refractivity contribution is 0.102. The van der Waals surface area contributed by atoms with Crippen molar-refractivity contribution in [1.29, 1.82) is 0 Å². The highest BCUT2D eigenvalue weighted by atomic mass is 35.5. The second-order valence-corrected chi connectivity index (χ2v) is 13.0. The monoisotopic (exact) mass is 621 g/mol. The molecule has 0 saturated carbocycles. The summed E-state index contributed by atoms with van der Waals surface area (Å²) in [5, 5.41) is 2.92. The molecule has 0 aliphatic rings. The van der Waals surface area contributed by atoms with Crippen molar-refractivity contribution in [2.75, 3.05) is 20.6 Å². The zero-order valence-corrected chi connectivity index (χ0v) is 24.0. The number of nitrogens with one attached hydrogen (secondary N) is 2. The molecule has 1 amide bonds. The number of hydrogen-bond donors (Lipinski definition) is 2. The van der Waals surface area contributed by atoms with Gasteiger partial charge < -0.3 is 5.32 Å². The van der Waals surface area contributed by atoms with Crippen LogP contribution in [0.15, 0.2) is 95.9 Å². The van der Waals surface area contributed by atoms with Crippen molar-refractivity contribution in [3.05, 3.63) is 118 Å². The first kappa shape index (κ1) is 29.3. The molecule has 0 bridgehead atoms. The maximum absolute atomic E-state index is 14.1. The Balaban J connectivity index is 1.46. The van der Waals surface area contributed by atoms with Crippen molar-refractivity contribution in [2.45, 2.75) is 11.4 Å². The van der Waals surface area contributed by atoms with Crippen LogP contribution in [0.1, 0.15) is 15.9 Å². The summed E-state index contributed by atoms with van der Waals surface area (Å²) in [6.45, 7) is -0.218. The summed E-state index contributed by atoms with van der Waals surface area (Å²) in [7, 11) is -7.74. The lowest BCUT2D eigenvalue weighted by atomic mass is 10.1. The number of nitrogens with zero attached hydrogens (tertiary/aromatic N) is 1. The van der Waals surface area contributed by atoms with E-state index in [1.165, 1.54) is 78.9 Å². The van der Waals surface area contributed by atoms with Gasteiger partial charge in [0.2, 0.25) is 10.0 Å². The predicted molar refractivity (Wildman–Crippen MR) is 156 cm³/mol. The number of anilines is 3. The van der Waals surface area contributed by atoms with E-state index in [2.05, 4.69) is 10.0 Å². The van der Waals surface area contributed by atoms with Crippen molar-refractivity contribution in [2.24, 2.45) is 0 Å². The van der Waals surface area contributed by atoms with Crippen molar-refractivity contribution in [3.8, 4) is 0 Å². The largest absolute Gasteiger partial charge is 0.322 e. The Morgan fingerprint density at radius 2 is 1.50 bits per heavy atom. The van der Waals surface area contributed by atoms with Crippen LogP contribution < -0.4 is 14.3 Å². The minimum atomic E-state index is -3.98. The van der Waals surface area contributed by atoms with Crippen molar-refractivity contribution in [1.82, 2.24) is 0 Å². The molecule has 4 rings (SSSR count). The number of halogens is 3. The Hall–Kier alpha value is -3.64. The zero-order valence-electron chi connectivity index (χ0n) is 20.8. The summed E-state index contributed by atoms with van der Waals surface area (Å²) < 4.78 is 67.8. The number of carbonyl (C=O) groups is 1. The maximum atomic E-state index is 14.1. The molecule has 0 unspecified atom stereocenters. The van der Waals surface area contributed by atoms with Gasteiger partial charge in [-0.1, -0.05) is 47.5 Å². The molecular weight excluding hydrogens is 600 g/mol. The maximum Gasteiger partial charge on any atom is 0.261 e. The highest BCUT2D eigenvalue weighted by Gasteiger charge is 2.20. The van der Waals surface area contributed by atoms with Crippen molar-refractivity contribution < 1.29 is 26.0 Å². The van der Waals surface area contributed by atoms with Crippen LogP contribution in [0.3, 0.4) is 0 Å². The topological polar surface area (TPSA) is 113 Å². The van der Waals surface area contributed by atoms with Gasteiger partial charge in [-0.15, -0.1) is 0 Å². The second kappa shape index (κ2) is 11.8. The van der Waals surface area contributed by atoms with Gasteiger partial charge in [-0.2, -0.15) is 0 Å². The molecule has 0 heterocycles. The third-order valence-electron chi connectivity index (χ3n) is 5.71. The standard InChI is InChI=1S/C27H22Cl2FN3O5S2/c1-39(35,36)33(17-19-5-2-3-7-24(19)30)21-13-9-18(10-14-21)27(34)31-20-11-15-22(16-12-20)40(37,38)32-25-8-4-6-23(28)26(25)29/h2-16,32H,17H2,1H3,(H,31,34). The van der Waals surface area contributed by atoms with E-state index in [0.29, 0.717) is 5.69 Å². The average Bonchev–Trinajstić information content (AvgIpc) is 2.90. The molecule has 0 fully saturated rings. The van der Waals surface area contributed by atoms with Crippen molar-refractivity contribution in [3.63, 3.8) is 0 Å². The van der Waals surface area contributed by atoms with Crippen LogP contribution in [0.5, 0.6) is 0 Å². The lowest BCUT2D eigenvalue weighted by Crippen LogP contribution is -2.29. The summed E-state index contributed by atoms with van der Waals surface area (Å²) >= 11 is 12.0. The Morgan fingerprint density at radius 1 is 0.850 bits per heavy atom. The highest BCUT2D eigenvalue weighted by molar-refractivity contribution is 7.92. The molecule has 40 heavy (non-hydrogen) atoms. The smallest absolute Gasteiger partial charge is 0.261 e. The Bertz CT molecular complexity index is 1770. The number of hydrogen-bond acceptors (Lipinski definition) is 5. The minimum absolute atomic E-state index is 0.0644. The van der Waals surface area contributed by atoms with Gasteiger partial charge in [0.25, 0.3) is 15.9 Å². The molecule has 4 aromatic rings. The van der Waals surface area contributed by atoms with Gasteiger partial charge in [-0.25, -0.2) is 21.2 Å². The van der Waals surface area contributed by atoms with E-state index < -0.39 is 31.8 Å². The van der Waals surface area contributed by atoms with E-state index in [-0.39, 0.29) is 44.0 Å². The van der Waals surface area contributed by atoms with E-state index >= 15 is 0 Å². The van der Waals surface area contributed by atoms with Gasteiger partial charge in [-0.05, 0) is 66.7 Å². The fourth-order valence-electron chi connectivity index (χ4n) is 3.67. The first-order valence-corrected chi connectivity index (χ1v) is 15.6. The van der Waals surface area contributed by atoms with E-state index in [9.17, 15) is 26.0 Å². The molecular formula is C27H22Cl2FN3O5S2. The first-order valence-electron chi connectivity index (χ1n) is 11.5. The fourth-order valence-corrected chi connectivity index (χ4v) is 6.02. The summed E-state index contributed by atoms with van der Waals surface area (Å²) in [5.41, 5.74) is 1.12. The van der Waals surface area contributed by atoms with E-state index in [1.54, 1.807) is 12.1 Å². The molecule has 4 aromatic carbocycles. The zero-order chi connectivity index (χ0) is 29.1. The van der Waals surface area contributed by atoms with Crippen LogP contribution >= 0.6 is 23.2 Å². The predicted octanol–water partition coefficient (Wildman–Crippen LogP) is 6.15. The highest BCUT2D eigenvalue weighted by Crippen LogP contribution is 2.31. The minimum Gasteiger partial charge on any atom is -0.322 e. The molecule has 0 aliphatic carbocycles. The molecule has 208 valence electrons. The first-order chi connectivity index (χ1) is 18.8. The number of amides is 1. The number of rotatable bonds is 9. The average molecular weight is 623 g/mol. The number of benzene rings is 4. The van der Waals surface area contributed by atoms with Crippen LogP contribution in [-0.4, -0.2) is 29.0 Å². The fraction of sp³-hybridized carbons (Fsp3) is 0.0741. The summed E-state index contributed by atoms with van der Waals surface area (Å²) in [6, 6.07) is 21.6. The molecule has 0 saturated heterocycles. The van der Waals surface area contributed by atoms with Crippen molar-refractivity contribution >= 4 is 66.2 Å². The third kappa shape index (κ3) is 6.92. The molecule has 0 radical (unpaired) electrons. The van der Waals surface area contributed by atoms with Gasteiger partial charge in [-0.3, -0.25) is 13.8 Å². The number of carbonyl (C=O) groups excluding carboxylic acids is 1. The molecule has 0 atom stereocenters. The summed E-state index contributed by atoms with van der Waals surface area (Å²) in [6.07, 6.45) is 1.01. The molecule has 13 heteroatoms. The Kier molecular flexibility index (Phi) is 8.69. The SMILES string of the molecule is CS(=O)(=O)N(Cc1ccccc1F)c1ccc(C(=O)Nc2ccc(S(=O)(=O)Nc3cccc(Cl)c3Cl)cc2)cc1. The second-order valence-electron chi connectivity index (χ2n) is 8.59.